The van der Waals surface area contributed by atoms with E-state index in [-0.39, 0.29) is 11.9 Å². The third kappa shape index (κ3) is 3.97. The molecule has 0 aromatic rings. The van der Waals surface area contributed by atoms with Crippen molar-refractivity contribution in [3.63, 3.8) is 0 Å². The van der Waals surface area contributed by atoms with E-state index < -0.39 is 6.09 Å². The van der Waals surface area contributed by atoms with Gasteiger partial charge < -0.3 is 20.6 Å². The number of amides is 1. The van der Waals surface area contributed by atoms with Crippen LogP contribution in [0.15, 0.2) is 5.16 Å². The zero-order valence-electron chi connectivity index (χ0n) is 8.73. The molecule has 6 heteroatoms. The van der Waals surface area contributed by atoms with E-state index >= 15 is 0 Å². The van der Waals surface area contributed by atoms with Crippen molar-refractivity contribution < 1.29 is 14.7 Å². The molecule has 0 aromatic carbocycles. The highest BCUT2D eigenvalue weighted by atomic mass is 16.5. The Hall–Kier alpha value is -1.46. The highest BCUT2D eigenvalue weighted by molar-refractivity contribution is 5.80. The highest BCUT2D eigenvalue weighted by Crippen LogP contribution is 2.02. The lowest BCUT2D eigenvalue weighted by atomic mass is 10.3. The average Bonchev–Trinajstić information content (AvgIpc) is 2.16. The van der Waals surface area contributed by atoms with Crippen LogP contribution in [0.4, 0.5) is 4.79 Å². The summed E-state index contributed by atoms with van der Waals surface area (Å²) in [6.07, 6.45) is -0.0882. The molecule has 0 fully saturated rings. The Kier molecular flexibility index (Phi) is 5.43. The molecule has 0 heterocycles. The monoisotopic (exact) mass is 203 g/mol. The molecule has 0 aliphatic heterocycles. The van der Waals surface area contributed by atoms with Gasteiger partial charge in [0.15, 0.2) is 0 Å². The lowest BCUT2D eigenvalue weighted by molar-refractivity contribution is 0.113. The summed E-state index contributed by atoms with van der Waals surface area (Å²) in [7, 11) is 1.32. The van der Waals surface area contributed by atoms with Crippen LogP contribution >= 0.6 is 0 Å². The van der Waals surface area contributed by atoms with E-state index in [0.29, 0.717) is 13.0 Å². The molecule has 3 N–H and O–H groups in total. The largest absolute Gasteiger partial charge is 0.453 e. The summed E-state index contributed by atoms with van der Waals surface area (Å²) in [5.74, 6) is 0.0968. The third-order valence-electron chi connectivity index (χ3n) is 1.77. The van der Waals surface area contributed by atoms with Gasteiger partial charge in [0.05, 0.1) is 7.11 Å². The van der Waals surface area contributed by atoms with Gasteiger partial charge in [-0.2, -0.15) is 0 Å². The summed E-state index contributed by atoms with van der Waals surface area (Å²) in [4.78, 5) is 12.7. The van der Waals surface area contributed by atoms with Crippen LogP contribution in [0.1, 0.15) is 20.3 Å². The second-order valence-electron chi connectivity index (χ2n) is 3.10. The van der Waals surface area contributed by atoms with Crippen LogP contribution in [-0.4, -0.2) is 41.7 Å². The fraction of sp³-hybridized carbons (Fsp3) is 0.750. The minimum absolute atomic E-state index is 0.0222. The topological polar surface area (TPSA) is 88.2 Å². The first-order valence-electron chi connectivity index (χ1n) is 4.34. The van der Waals surface area contributed by atoms with Crippen molar-refractivity contribution in [2.24, 2.45) is 10.9 Å². The Labute approximate surface area is 83.3 Å². The number of nitrogens with zero attached hydrogens (tertiary/aromatic N) is 2. The summed E-state index contributed by atoms with van der Waals surface area (Å²) in [5.41, 5.74) is 5.28. The van der Waals surface area contributed by atoms with Gasteiger partial charge in [-0.05, 0) is 13.8 Å². The number of hydrogen-bond acceptors (Lipinski definition) is 4. The Balaban J connectivity index is 4.18. The lowest BCUT2D eigenvalue weighted by Crippen LogP contribution is -2.39. The molecule has 14 heavy (non-hydrogen) atoms. The molecule has 0 saturated carbocycles. The number of amidine groups is 1. The first-order valence-corrected chi connectivity index (χ1v) is 4.34. The van der Waals surface area contributed by atoms with Crippen LogP contribution in [0.25, 0.3) is 0 Å². The first kappa shape index (κ1) is 12.5. The standard InChI is InChI=1S/C8H17N3O3/c1-6(2)11(8(12)14-3)5-4-7(9)10-13/h6,13H,4-5H2,1-3H3,(H2,9,10). The number of rotatable bonds is 4. The van der Waals surface area contributed by atoms with Gasteiger partial charge in [-0.1, -0.05) is 5.16 Å². The SMILES string of the molecule is COC(=O)N(CCC(N)=NO)C(C)C. The Bertz CT molecular complexity index is 216. The molecule has 0 bridgehead atoms. The molecule has 0 aromatic heterocycles. The number of oxime groups is 1. The van der Waals surface area contributed by atoms with Crippen molar-refractivity contribution in [3.05, 3.63) is 0 Å². The Morgan fingerprint density at radius 1 is 1.64 bits per heavy atom. The molecular formula is C8H17N3O3. The van der Waals surface area contributed by atoms with Crippen molar-refractivity contribution in [2.75, 3.05) is 13.7 Å². The minimum Gasteiger partial charge on any atom is -0.453 e. The van der Waals surface area contributed by atoms with Crippen LogP contribution in [0.2, 0.25) is 0 Å². The maximum atomic E-state index is 11.2. The molecule has 0 rings (SSSR count). The number of ether oxygens (including phenoxy) is 1. The van der Waals surface area contributed by atoms with E-state index in [2.05, 4.69) is 9.89 Å². The average molecular weight is 203 g/mol. The predicted octanol–water partition coefficient (Wildman–Crippen LogP) is 0.600. The molecule has 0 saturated heterocycles. The zero-order chi connectivity index (χ0) is 11.1. The number of carbonyl (C=O) groups is 1. The summed E-state index contributed by atoms with van der Waals surface area (Å²) in [5, 5.41) is 11.1. The molecule has 0 unspecified atom stereocenters. The summed E-state index contributed by atoms with van der Waals surface area (Å²) in [6, 6.07) is 0.0222. The first-order chi connectivity index (χ1) is 6.52. The molecule has 0 atom stereocenters. The van der Waals surface area contributed by atoms with E-state index in [1.807, 2.05) is 13.8 Å². The zero-order valence-corrected chi connectivity index (χ0v) is 8.73. The number of carbonyl (C=O) groups excluding carboxylic acids is 1. The molecule has 82 valence electrons. The molecule has 1 amide bonds. The second-order valence-corrected chi connectivity index (χ2v) is 3.10. The maximum Gasteiger partial charge on any atom is 0.409 e. The number of methoxy groups -OCH3 is 1. The Morgan fingerprint density at radius 3 is 2.57 bits per heavy atom. The maximum absolute atomic E-state index is 11.2. The van der Waals surface area contributed by atoms with Crippen LogP contribution in [0.3, 0.4) is 0 Å². The summed E-state index contributed by atoms with van der Waals surface area (Å²) < 4.78 is 4.58. The van der Waals surface area contributed by atoms with Gasteiger partial charge >= 0.3 is 6.09 Å². The van der Waals surface area contributed by atoms with E-state index in [0.717, 1.165) is 0 Å². The van der Waals surface area contributed by atoms with Crippen LogP contribution < -0.4 is 5.73 Å². The van der Waals surface area contributed by atoms with Crippen molar-refractivity contribution in [3.8, 4) is 0 Å². The normalized spacial score (nSPS) is 11.6. The van der Waals surface area contributed by atoms with Crippen molar-refractivity contribution in [1.29, 1.82) is 0 Å². The highest BCUT2D eigenvalue weighted by Gasteiger charge is 2.17. The van der Waals surface area contributed by atoms with Crippen molar-refractivity contribution >= 4 is 11.9 Å². The van der Waals surface area contributed by atoms with Crippen LogP contribution in [-0.2, 0) is 4.74 Å². The van der Waals surface area contributed by atoms with Gasteiger partial charge in [0.1, 0.15) is 5.84 Å². The minimum atomic E-state index is -0.411. The third-order valence-corrected chi connectivity index (χ3v) is 1.77. The van der Waals surface area contributed by atoms with E-state index in [9.17, 15) is 4.79 Å². The van der Waals surface area contributed by atoms with Gasteiger partial charge in [0, 0.05) is 19.0 Å². The van der Waals surface area contributed by atoms with Crippen LogP contribution in [0.5, 0.6) is 0 Å². The molecule has 0 radical (unpaired) electrons. The lowest BCUT2D eigenvalue weighted by Gasteiger charge is -2.24. The molecular weight excluding hydrogens is 186 g/mol. The van der Waals surface area contributed by atoms with Gasteiger partial charge in [-0.3, -0.25) is 0 Å². The number of nitrogens with two attached hydrogens (primary N) is 1. The predicted molar refractivity (Wildman–Crippen MR) is 52.3 cm³/mol. The van der Waals surface area contributed by atoms with Crippen molar-refractivity contribution in [1.82, 2.24) is 4.90 Å². The van der Waals surface area contributed by atoms with Crippen LogP contribution in [0, 0.1) is 0 Å². The molecule has 0 spiro atoms. The van der Waals surface area contributed by atoms with Crippen molar-refractivity contribution in [2.45, 2.75) is 26.3 Å². The fourth-order valence-electron chi connectivity index (χ4n) is 0.963. The van der Waals surface area contributed by atoms with Gasteiger partial charge in [-0.25, -0.2) is 4.79 Å². The number of hydrogen-bond donors (Lipinski definition) is 2. The summed E-state index contributed by atoms with van der Waals surface area (Å²) in [6.45, 7) is 4.10. The molecule has 0 aliphatic rings. The fourth-order valence-corrected chi connectivity index (χ4v) is 0.963. The van der Waals surface area contributed by atoms with Gasteiger partial charge in [-0.15, -0.1) is 0 Å². The van der Waals surface area contributed by atoms with E-state index in [4.69, 9.17) is 10.9 Å². The van der Waals surface area contributed by atoms with Gasteiger partial charge in [0.25, 0.3) is 0 Å². The van der Waals surface area contributed by atoms with E-state index in [1.54, 1.807) is 0 Å². The molecule has 0 aliphatic carbocycles. The van der Waals surface area contributed by atoms with Gasteiger partial charge in [0.2, 0.25) is 0 Å². The summed E-state index contributed by atoms with van der Waals surface area (Å²) >= 11 is 0. The quantitative estimate of drug-likeness (QED) is 0.303. The molecule has 6 nitrogen and oxygen atoms in total. The second kappa shape index (κ2) is 6.06. The smallest absolute Gasteiger partial charge is 0.409 e. The van der Waals surface area contributed by atoms with E-state index in [1.165, 1.54) is 12.0 Å². The Morgan fingerprint density at radius 2 is 2.21 bits per heavy atom.